The Hall–Kier alpha value is -2.00. The Kier molecular flexibility index (Phi) is 4.81. The maximum absolute atomic E-state index is 5.98. The van der Waals surface area contributed by atoms with E-state index in [4.69, 9.17) is 15.2 Å². The average Bonchev–Trinajstić information content (AvgIpc) is 2.47. The number of hydrogen-bond acceptors (Lipinski definition) is 3. The summed E-state index contributed by atoms with van der Waals surface area (Å²) < 4.78 is 11.5. The second-order valence-electron chi connectivity index (χ2n) is 4.13. The number of benzene rings is 2. The first-order chi connectivity index (χ1) is 9.35. The van der Waals surface area contributed by atoms with Crippen LogP contribution in [0.4, 0.5) is 0 Å². The quantitative estimate of drug-likeness (QED) is 0.864. The Morgan fingerprint density at radius 1 is 0.947 bits per heavy atom. The highest BCUT2D eigenvalue weighted by atomic mass is 16.5. The van der Waals surface area contributed by atoms with Crippen LogP contribution >= 0.6 is 0 Å². The van der Waals surface area contributed by atoms with Crippen molar-refractivity contribution in [3.8, 4) is 11.5 Å². The van der Waals surface area contributed by atoms with E-state index in [0.29, 0.717) is 13.2 Å². The van der Waals surface area contributed by atoms with Gasteiger partial charge in [-0.1, -0.05) is 42.5 Å². The molecule has 0 bridgehead atoms. The molecule has 0 aliphatic carbocycles. The highest BCUT2D eigenvalue weighted by molar-refractivity contribution is 5.40. The van der Waals surface area contributed by atoms with E-state index in [1.165, 1.54) is 0 Å². The number of para-hydroxylation sites is 2. The Morgan fingerprint density at radius 2 is 1.58 bits per heavy atom. The average molecular weight is 257 g/mol. The number of hydrogen-bond donors (Lipinski definition) is 1. The molecule has 3 heteroatoms. The van der Waals surface area contributed by atoms with Gasteiger partial charge in [0, 0.05) is 6.54 Å². The van der Waals surface area contributed by atoms with Crippen LogP contribution in [-0.2, 0) is 0 Å². The van der Waals surface area contributed by atoms with Gasteiger partial charge in [-0.25, -0.2) is 0 Å². The van der Waals surface area contributed by atoms with Crippen LogP contribution in [0.1, 0.15) is 18.6 Å². The first-order valence-electron chi connectivity index (χ1n) is 6.48. The van der Waals surface area contributed by atoms with Gasteiger partial charge in [0.05, 0.1) is 6.61 Å². The molecular formula is C16H19NO2. The Balaban J connectivity index is 2.19. The van der Waals surface area contributed by atoms with Gasteiger partial charge in [-0.05, 0) is 24.6 Å². The summed E-state index contributed by atoms with van der Waals surface area (Å²) in [7, 11) is 0. The van der Waals surface area contributed by atoms with Crippen molar-refractivity contribution in [2.24, 2.45) is 5.73 Å². The molecule has 19 heavy (non-hydrogen) atoms. The fraction of sp³-hybridized carbons (Fsp3) is 0.250. The van der Waals surface area contributed by atoms with E-state index in [9.17, 15) is 0 Å². The number of nitrogens with two attached hydrogens (primary N) is 1. The first-order valence-corrected chi connectivity index (χ1v) is 6.48. The molecule has 0 aromatic heterocycles. The van der Waals surface area contributed by atoms with Crippen LogP contribution in [0.25, 0.3) is 0 Å². The van der Waals surface area contributed by atoms with Crippen molar-refractivity contribution in [1.82, 2.24) is 0 Å². The lowest BCUT2D eigenvalue weighted by Gasteiger charge is -2.19. The molecular weight excluding hydrogens is 238 g/mol. The summed E-state index contributed by atoms with van der Waals surface area (Å²) in [5.74, 6) is 1.48. The lowest BCUT2D eigenvalue weighted by molar-refractivity contribution is 0.200. The Labute approximate surface area is 114 Å². The zero-order valence-corrected chi connectivity index (χ0v) is 11.1. The molecule has 2 aromatic carbocycles. The molecule has 3 nitrogen and oxygen atoms in total. The van der Waals surface area contributed by atoms with Crippen molar-refractivity contribution >= 4 is 0 Å². The standard InChI is InChI=1S/C16H19NO2/c1-2-18-14-10-6-7-11-15(14)19-16(12-17)13-8-4-3-5-9-13/h3-11,16H,2,12,17H2,1H3. The van der Waals surface area contributed by atoms with Crippen LogP contribution in [-0.4, -0.2) is 13.2 Å². The molecule has 0 fully saturated rings. The van der Waals surface area contributed by atoms with Crippen molar-refractivity contribution in [2.75, 3.05) is 13.2 Å². The second-order valence-corrected chi connectivity index (χ2v) is 4.13. The minimum absolute atomic E-state index is 0.164. The van der Waals surface area contributed by atoms with Crippen molar-refractivity contribution < 1.29 is 9.47 Å². The van der Waals surface area contributed by atoms with Crippen molar-refractivity contribution in [2.45, 2.75) is 13.0 Å². The molecule has 0 saturated carbocycles. The van der Waals surface area contributed by atoms with E-state index >= 15 is 0 Å². The van der Waals surface area contributed by atoms with Gasteiger partial charge in [0.15, 0.2) is 11.5 Å². The zero-order chi connectivity index (χ0) is 13.5. The Bertz CT molecular complexity index is 499. The van der Waals surface area contributed by atoms with Gasteiger partial charge in [0.2, 0.25) is 0 Å². The van der Waals surface area contributed by atoms with Crippen LogP contribution in [0.5, 0.6) is 11.5 Å². The highest BCUT2D eigenvalue weighted by Gasteiger charge is 2.13. The molecule has 2 rings (SSSR count). The third-order valence-corrected chi connectivity index (χ3v) is 2.80. The maximum Gasteiger partial charge on any atom is 0.162 e. The first kappa shape index (κ1) is 13.4. The molecule has 0 spiro atoms. The highest BCUT2D eigenvalue weighted by Crippen LogP contribution is 2.30. The van der Waals surface area contributed by atoms with Gasteiger partial charge in [0.25, 0.3) is 0 Å². The summed E-state index contributed by atoms with van der Waals surface area (Å²) >= 11 is 0. The van der Waals surface area contributed by atoms with Gasteiger partial charge in [-0.15, -0.1) is 0 Å². The molecule has 1 unspecified atom stereocenters. The smallest absolute Gasteiger partial charge is 0.162 e. The van der Waals surface area contributed by atoms with Crippen LogP contribution in [0.15, 0.2) is 54.6 Å². The molecule has 0 amide bonds. The Morgan fingerprint density at radius 3 is 2.21 bits per heavy atom. The predicted molar refractivity (Wildman–Crippen MR) is 76.5 cm³/mol. The molecule has 2 aromatic rings. The van der Waals surface area contributed by atoms with Gasteiger partial charge >= 0.3 is 0 Å². The van der Waals surface area contributed by atoms with Gasteiger partial charge < -0.3 is 15.2 Å². The van der Waals surface area contributed by atoms with Crippen LogP contribution in [0, 0.1) is 0 Å². The second kappa shape index (κ2) is 6.81. The van der Waals surface area contributed by atoms with E-state index in [2.05, 4.69) is 0 Å². The van der Waals surface area contributed by atoms with Gasteiger partial charge in [-0.2, -0.15) is 0 Å². The summed E-state index contributed by atoms with van der Waals surface area (Å²) in [6.07, 6.45) is -0.164. The summed E-state index contributed by atoms with van der Waals surface area (Å²) in [5, 5.41) is 0. The van der Waals surface area contributed by atoms with Crippen LogP contribution < -0.4 is 15.2 Å². The molecule has 2 N–H and O–H groups in total. The summed E-state index contributed by atoms with van der Waals surface area (Å²) in [4.78, 5) is 0. The lowest BCUT2D eigenvalue weighted by atomic mass is 10.1. The minimum atomic E-state index is -0.164. The summed E-state index contributed by atoms with van der Waals surface area (Å²) in [6, 6.07) is 17.6. The largest absolute Gasteiger partial charge is 0.490 e. The third kappa shape index (κ3) is 3.48. The van der Waals surface area contributed by atoms with Crippen molar-refractivity contribution in [1.29, 1.82) is 0 Å². The maximum atomic E-state index is 5.98. The fourth-order valence-corrected chi connectivity index (χ4v) is 1.90. The fourth-order valence-electron chi connectivity index (χ4n) is 1.90. The molecule has 0 heterocycles. The van der Waals surface area contributed by atoms with Crippen molar-refractivity contribution in [3.63, 3.8) is 0 Å². The van der Waals surface area contributed by atoms with E-state index in [-0.39, 0.29) is 6.10 Å². The number of rotatable bonds is 6. The SMILES string of the molecule is CCOc1ccccc1OC(CN)c1ccccc1. The lowest BCUT2D eigenvalue weighted by Crippen LogP contribution is -2.18. The molecule has 0 aliphatic heterocycles. The van der Waals surface area contributed by atoms with E-state index < -0.39 is 0 Å². The molecule has 0 saturated heterocycles. The topological polar surface area (TPSA) is 44.5 Å². The number of ether oxygens (including phenoxy) is 2. The monoisotopic (exact) mass is 257 g/mol. The molecule has 1 atom stereocenters. The van der Waals surface area contributed by atoms with E-state index in [1.807, 2.05) is 61.5 Å². The normalized spacial score (nSPS) is 11.9. The zero-order valence-electron chi connectivity index (χ0n) is 11.1. The predicted octanol–water partition coefficient (Wildman–Crippen LogP) is 3.16. The third-order valence-electron chi connectivity index (χ3n) is 2.80. The van der Waals surface area contributed by atoms with Gasteiger partial charge in [0.1, 0.15) is 6.10 Å². The van der Waals surface area contributed by atoms with Crippen molar-refractivity contribution in [3.05, 3.63) is 60.2 Å². The molecule has 0 aliphatic rings. The summed E-state index contributed by atoms with van der Waals surface area (Å²) in [5.41, 5.74) is 6.88. The van der Waals surface area contributed by atoms with E-state index in [0.717, 1.165) is 17.1 Å². The van der Waals surface area contributed by atoms with E-state index in [1.54, 1.807) is 0 Å². The summed E-state index contributed by atoms with van der Waals surface area (Å²) in [6.45, 7) is 2.98. The molecule has 100 valence electrons. The minimum Gasteiger partial charge on any atom is -0.490 e. The van der Waals surface area contributed by atoms with Crippen LogP contribution in [0.2, 0.25) is 0 Å². The van der Waals surface area contributed by atoms with Gasteiger partial charge in [-0.3, -0.25) is 0 Å². The molecule has 0 radical (unpaired) electrons. The van der Waals surface area contributed by atoms with Crippen LogP contribution in [0.3, 0.4) is 0 Å².